The predicted molar refractivity (Wildman–Crippen MR) is 84.1 cm³/mol. The van der Waals surface area contributed by atoms with Gasteiger partial charge in [0.2, 0.25) is 5.91 Å². The smallest absolute Gasteiger partial charge is 0.235 e. The van der Waals surface area contributed by atoms with E-state index in [4.69, 9.17) is 4.74 Å². The summed E-state index contributed by atoms with van der Waals surface area (Å²) in [7, 11) is 0. The van der Waals surface area contributed by atoms with Gasteiger partial charge in [-0.2, -0.15) is 0 Å². The first-order valence-corrected chi connectivity index (χ1v) is 8.17. The standard InChI is InChI=1S/C16H23NO2S/c1-12-4-5-13(2)15(10-12)11-20-14(3)16(18)17-6-8-19-9-7-17/h4-5,10,14H,6-9,11H2,1-3H3. The van der Waals surface area contributed by atoms with Crippen molar-refractivity contribution in [1.29, 1.82) is 0 Å². The molecule has 1 aromatic carbocycles. The molecule has 1 saturated heterocycles. The van der Waals surface area contributed by atoms with E-state index in [9.17, 15) is 4.79 Å². The van der Waals surface area contributed by atoms with Crippen LogP contribution < -0.4 is 0 Å². The van der Waals surface area contributed by atoms with Crippen molar-refractivity contribution in [2.24, 2.45) is 0 Å². The molecule has 2 rings (SSSR count). The first kappa shape index (κ1) is 15.4. The molecule has 0 bridgehead atoms. The number of aryl methyl sites for hydroxylation is 2. The third kappa shape index (κ3) is 4.00. The number of hydrogen-bond acceptors (Lipinski definition) is 3. The summed E-state index contributed by atoms with van der Waals surface area (Å²) in [6, 6.07) is 6.50. The summed E-state index contributed by atoms with van der Waals surface area (Å²) in [6.07, 6.45) is 0. The van der Waals surface area contributed by atoms with Gasteiger partial charge in [-0.25, -0.2) is 0 Å². The van der Waals surface area contributed by atoms with Crippen LogP contribution in [0.4, 0.5) is 0 Å². The Morgan fingerprint density at radius 3 is 2.75 bits per heavy atom. The van der Waals surface area contributed by atoms with E-state index in [1.165, 1.54) is 16.7 Å². The Kier molecular flexibility index (Phi) is 5.49. The highest BCUT2D eigenvalue weighted by Gasteiger charge is 2.22. The van der Waals surface area contributed by atoms with E-state index >= 15 is 0 Å². The topological polar surface area (TPSA) is 29.5 Å². The SMILES string of the molecule is Cc1ccc(C)c(CSC(C)C(=O)N2CCOCC2)c1. The normalized spacial score (nSPS) is 17.1. The zero-order valence-corrected chi connectivity index (χ0v) is 13.3. The molecule has 110 valence electrons. The minimum absolute atomic E-state index is 0.00742. The molecule has 0 N–H and O–H groups in total. The fourth-order valence-electron chi connectivity index (χ4n) is 2.28. The van der Waals surface area contributed by atoms with Gasteiger partial charge in [0, 0.05) is 18.8 Å². The van der Waals surface area contributed by atoms with Gasteiger partial charge < -0.3 is 9.64 Å². The lowest BCUT2D eigenvalue weighted by atomic mass is 10.1. The van der Waals surface area contributed by atoms with Crippen molar-refractivity contribution in [3.8, 4) is 0 Å². The van der Waals surface area contributed by atoms with Gasteiger partial charge in [-0.15, -0.1) is 11.8 Å². The lowest BCUT2D eigenvalue weighted by Gasteiger charge is -2.29. The Hall–Kier alpha value is -1.00. The number of hydrogen-bond donors (Lipinski definition) is 0. The number of carbonyl (C=O) groups is 1. The fourth-order valence-corrected chi connectivity index (χ4v) is 3.31. The van der Waals surface area contributed by atoms with E-state index < -0.39 is 0 Å². The molecule has 0 aromatic heterocycles. The van der Waals surface area contributed by atoms with Crippen molar-refractivity contribution in [1.82, 2.24) is 4.90 Å². The average Bonchev–Trinajstić information content (AvgIpc) is 2.48. The van der Waals surface area contributed by atoms with Crippen LogP contribution in [0.1, 0.15) is 23.6 Å². The number of ether oxygens (including phenoxy) is 1. The minimum Gasteiger partial charge on any atom is -0.378 e. The summed E-state index contributed by atoms with van der Waals surface area (Å²) >= 11 is 1.72. The maximum Gasteiger partial charge on any atom is 0.235 e. The summed E-state index contributed by atoms with van der Waals surface area (Å²) < 4.78 is 5.29. The van der Waals surface area contributed by atoms with E-state index in [-0.39, 0.29) is 11.2 Å². The predicted octanol–water partition coefficient (Wildman–Crippen LogP) is 2.78. The molecule has 1 aromatic rings. The molecule has 1 fully saturated rings. The van der Waals surface area contributed by atoms with Gasteiger partial charge in [-0.1, -0.05) is 23.8 Å². The Labute approximate surface area is 125 Å². The molecule has 1 heterocycles. The molecule has 1 aliphatic rings. The van der Waals surface area contributed by atoms with Gasteiger partial charge in [0.05, 0.1) is 18.5 Å². The van der Waals surface area contributed by atoms with Crippen LogP contribution >= 0.6 is 11.8 Å². The maximum absolute atomic E-state index is 12.3. The van der Waals surface area contributed by atoms with Crippen LogP contribution in [0, 0.1) is 13.8 Å². The van der Waals surface area contributed by atoms with Crippen LogP contribution in [-0.2, 0) is 15.3 Å². The highest BCUT2D eigenvalue weighted by atomic mass is 32.2. The fraction of sp³-hybridized carbons (Fsp3) is 0.562. The van der Waals surface area contributed by atoms with Crippen molar-refractivity contribution >= 4 is 17.7 Å². The quantitative estimate of drug-likeness (QED) is 0.855. The molecule has 0 saturated carbocycles. The molecular weight excluding hydrogens is 270 g/mol. The molecule has 0 aliphatic carbocycles. The summed E-state index contributed by atoms with van der Waals surface area (Å²) in [4.78, 5) is 14.2. The highest BCUT2D eigenvalue weighted by molar-refractivity contribution is 7.99. The van der Waals surface area contributed by atoms with E-state index in [1.54, 1.807) is 11.8 Å². The Bertz CT molecular complexity index is 470. The summed E-state index contributed by atoms with van der Waals surface area (Å²) in [5.74, 6) is 1.13. The summed E-state index contributed by atoms with van der Waals surface area (Å²) in [6.45, 7) is 9.04. The van der Waals surface area contributed by atoms with Crippen molar-refractivity contribution in [2.75, 3.05) is 26.3 Å². The molecule has 1 aliphatic heterocycles. The zero-order valence-electron chi connectivity index (χ0n) is 12.5. The maximum atomic E-state index is 12.3. The van der Waals surface area contributed by atoms with Crippen LogP contribution in [0.15, 0.2) is 18.2 Å². The number of morpholine rings is 1. The average molecular weight is 293 g/mol. The number of thioether (sulfide) groups is 1. The second-order valence-corrected chi connectivity index (χ2v) is 6.65. The molecule has 20 heavy (non-hydrogen) atoms. The van der Waals surface area contributed by atoms with Gasteiger partial charge in [-0.05, 0) is 31.9 Å². The lowest BCUT2D eigenvalue weighted by Crippen LogP contribution is -2.44. The van der Waals surface area contributed by atoms with Crippen LogP contribution in [0.25, 0.3) is 0 Å². The first-order chi connectivity index (χ1) is 9.58. The molecule has 4 heteroatoms. The molecule has 0 radical (unpaired) electrons. The third-order valence-electron chi connectivity index (χ3n) is 3.66. The van der Waals surface area contributed by atoms with Gasteiger partial charge in [0.15, 0.2) is 0 Å². The molecule has 3 nitrogen and oxygen atoms in total. The lowest BCUT2D eigenvalue weighted by molar-refractivity contribution is -0.134. The number of carbonyl (C=O) groups excluding carboxylic acids is 1. The molecule has 1 unspecified atom stereocenters. The van der Waals surface area contributed by atoms with E-state index in [1.807, 2.05) is 11.8 Å². The van der Waals surface area contributed by atoms with Crippen molar-refractivity contribution in [2.45, 2.75) is 31.8 Å². The van der Waals surface area contributed by atoms with Crippen LogP contribution in [0.3, 0.4) is 0 Å². The van der Waals surface area contributed by atoms with Gasteiger partial charge in [-0.3, -0.25) is 4.79 Å². The van der Waals surface area contributed by atoms with Crippen LogP contribution in [0.2, 0.25) is 0 Å². The second-order valence-electron chi connectivity index (χ2n) is 5.32. The largest absolute Gasteiger partial charge is 0.378 e. The van der Waals surface area contributed by atoms with Crippen molar-refractivity contribution in [3.63, 3.8) is 0 Å². The highest BCUT2D eigenvalue weighted by Crippen LogP contribution is 2.22. The molecular formula is C16H23NO2S. The van der Waals surface area contributed by atoms with E-state index in [2.05, 4.69) is 32.0 Å². The molecule has 1 atom stereocenters. The number of rotatable bonds is 4. The summed E-state index contributed by atoms with van der Waals surface area (Å²) in [5, 5.41) is 0.00742. The van der Waals surface area contributed by atoms with Gasteiger partial charge >= 0.3 is 0 Å². The van der Waals surface area contributed by atoms with E-state index in [0.29, 0.717) is 13.2 Å². The van der Waals surface area contributed by atoms with Crippen LogP contribution in [0.5, 0.6) is 0 Å². The van der Waals surface area contributed by atoms with Gasteiger partial charge in [0.25, 0.3) is 0 Å². The number of amides is 1. The Balaban J connectivity index is 1.89. The Morgan fingerprint density at radius 2 is 2.05 bits per heavy atom. The second kappa shape index (κ2) is 7.14. The van der Waals surface area contributed by atoms with Crippen molar-refractivity contribution < 1.29 is 9.53 Å². The summed E-state index contributed by atoms with van der Waals surface area (Å²) in [5.41, 5.74) is 3.91. The monoisotopic (exact) mass is 293 g/mol. The van der Waals surface area contributed by atoms with Crippen molar-refractivity contribution in [3.05, 3.63) is 34.9 Å². The molecule has 0 spiro atoms. The number of nitrogens with zero attached hydrogens (tertiary/aromatic N) is 1. The number of benzene rings is 1. The zero-order chi connectivity index (χ0) is 14.5. The first-order valence-electron chi connectivity index (χ1n) is 7.12. The Morgan fingerprint density at radius 1 is 1.35 bits per heavy atom. The minimum atomic E-state index is 0.00742. The molecule has 1 amide bonds. The third-order valence-corrected chi connectivity index (χ3v) is 4.84. The van der Waals surface area contributed by atoms with E-state index in [0.717, 1.165) is 18.8 Å². The van der Waals surface area contributed by atoms with Gasteiger partial charge in [0.1, 0.15) is 0 Å². The van der Waals surface area contributed by atoms with Crippen LogP contribution in [-0.4, -0.2) is 42.4 Å².